The number of rotatable bonds is 4. The van der Waals surface area contributed by atoms with Crippen molar-refractivity contribution < 1.29 is 13.9 Å². The molecule has 3 rings (SSSR count). The Balaban J connectivity index is 1.57. The van der Waals surface area contributed by atoms with Gasteiger partial charge in [-0.3, -0.25) is 9.69 Å². The first-order valence-electron chi connectivity index (χ1n) is 7.36. The van der Waals surface area contributed by atoms with E-state index in [2.05, 4.69) is 10.2 Å². The molecule has 1 N–H and O–H groups in total. The minimum atomic E-state index is -0.387. The van der Waals surface area contributed by atoms with Crippen molar-refractivity contribution in [3.05, 3.63) is 35.1 Å². The van der Waals surface area contributed by atoms with Gasteiger partial charge in [-0.15, -0.1) is 0 Å². The molecule has 0 aromatic heterocycles. The highest BCUT2D eigenvalue weighted by Gasteiger charge is 2.41. The van der Waals surface area contributed by atoms with Gasteiger partial charge >= 0.3 is 5.97 Å². The highest BCUT2D eigenvalue weighted by atomic mass is 19.1. The fraction of sp³-hybridized carbons (Fsp3) is 0.562. The molecule has 0 atom stereocenters. The normalized spacial score (nSPS) is 21.5. The number of nitrogens with one attached hydrogen (secondary N) is 1. The highest BCUT2D eigenvalue weighted by Crippen LogP contribution is 2.28. The number of halogens is 1. The van der Waals surface area contributed by atoms with Crippen LogP contribution >= 0.6 is 0 Å². The second kappa shape index (κ2) is 5.39. The van der Waals surface area contributed by atoms with Crippen molar-refractivity contribution in [2.45, 2.75) is 31.9 Å². The van der Waals surface area contributed by atoms with Gasteiger partial charge in [0.25, 0.3) is 0 Å². The van der Waals surface area contributed by atoms with Crippen molar-refractivity contribution in [2.75, 3.05) is 26.2 Å². The molecule has 4 nitrogen and oxygen atoms in total. The summed E-state index contributed by atoms with van der Waals surface area (Å²) in [4.78, 5) is 13.2. The quantitative estimate of drug-likeness (QED) is 0.857. The van der Waals surface area contributed by atoms with Crippen LogP contribution in [0.5, 0.6) is 0 Å². The van der Waals surface area contributed by atoms with E-state index in [4.69, 9.17) is 4.74 Å². The van der Waals surface area contributed by atoms with Crippen LogP contribution in [0.15, 0.2) is 18.2 Å². The second-order valence-electron chi connectivity index (χ2n) is 6.40. The SMILES string of the molecule is CC(=O)OC1(C)CN(Cc2ccc(C3CNC3)c(F)c2)C1. The predicted molar refractivity (Wildman–Crippen MR) is 77.5 cm³/mol. The van der Waals surface area contributed by atoms with Gasteiger partial charge in [0.05, 0.1) is 0 Å². The zero-order chi connectivity index (χ0) is 15.0. The van der Waals surface area contributed by atoms with Gasteiger partial charge < -0.3 is 10.1 Å². The molecule has 0 amide bonds. The number of carbonyl (C=O) groups is 1. The average molecular weight is 292 g/mol. The number of likely N-dealkylation sites (tertiary alicyclic amines) is 1. The van der Waals surface area contributed by atoms with Crippen LogP contribution in [0.2, 0.25) is 0 Å². The molecule has 2 fully saturated rings. The first kappa shape index (κ1) is 14.5. The third kappa shape index (κ3) is 3.09. The molecule has 2 heterocycles. The molecular weight excluding hydrogens is 271 g/mol. The van der Waals surface area contributed by atoms with Gasteiger partial charge in [0.15, 0.2) is 0 Å². The number of hydrogen-bond donors (Lipinski definition) is 1. The average Bonchev–Trinajstić information content (AvgIpc) is 2.27. The van der Waals surface area contributed by atoms with Gasteiger partial charge in [0, 0.05) is 45.6 Å². The van der Waals surface area contributed by atoms with Crippen molar-refractivity contribution in [3.8, 4) is 0 Å². The minimum Gasteiger partial charge on any atom is -0.457 e. The molecule has 0 bridgehead atoms. The molecule has 0 saturated carbocycles. The number of esters is 1. The fourth-order valence-electron chi connectivity index (χ4n) is 3.19. The van der Waals surface area contributed by atoms with Crippen LogP contribution in [0.25, 0.3) is 0 Å². The summed E-state index contributed by atoms with van der Waals surface area (Å²) in [6.45, 7) is 7.17. The van der Waals surface area contributed by atoms with Crippen molar-refractivity contribution in [2.24, 2.45) is 0 Å². The van der Waals surface area contributed by atoms with Crippen LogP contribution in [-0.4, -0.2) is 42.6 Å². The maximum absolute atomic E-state index is 14.1. The van der Waals surface area contributed by atoms with Crippen LogP contribution in [0.3, 0.4) is 0 Å². The van der Waals surface area contributed by atoms with Crippen LogP contribution < -0.4 is 5.32 Å². The largest absolute Gasteiger partial charge is 0.457 e. The van der Waals surface area contributed by atoms with Crippen LogP contribution in [0, 0.1) is 5.82 Å². The topological polar surface area (TPSA) is 41.6 Å². The minimum absolute atomic E-state index is 0.109. The number of ether oxygens (including phenoxy) is 1. The van der Waals surface area contributed by atoms with E-state index in [1.54, 1.807) is 6.07 Å². The number of benzene rings is 1. The third-order valence-corrected chi connectivity index (χ3v) is 4.20. The Morgan fingerprint density at radius 2 is 2.19 bits per heavy atom. The zero-order valence-electron chi connectivity index (χ0n) is 12.5. The zero-order valence-corrected chi connectivity index (χ0v) is 12.5. The summed E-state index contributed by atoms with van der Waals surface area (Å²) in [5.41, 5.74) is 1.39. The standard InChI is InChI=1S/C16H21FN2O2/c1-11(20)21-16(2)9-19(10-16)8-12-3-4-14(15(17)5-12)13-6-18-7-13/h3-5,13,18H,6-10H2,1-2H3. The molecular formula is C16H21FN2O2. The number of hydrogen-bond acceptors (Lipinski definition) is 4. The highest BCUT2D eigenvalue weighted by molar-refractivity contribution is 5.66. The van der Waals surface area contributed by atoms with Crippen molar-refractivity contribution in [3.63, 3.8) is 0 Å². The number of carbonyl (C=O) groups excluding carboxylic acids is 1. The summed E-state index contributed by atoms with van der Waals surface area (Å²) in [6, 6.07) is 5.54. The Morgan fingerprint density at radius 1 is 1.48 bits per heavy atom. The molecule has 0 radical (unpaired) electrons. The smallest absolute Gasteiger partial charge is 0.303 e. The lowest BCUT2D eigenvalue weighted by Crippen LogP contribution is -2.61. The van der Waals surface area contributed by atoms with Gasteiger partial charge in [-0.2, -0.15) is 0 Å². The molecule has 2 aliphatic rings. The van der Waals surface area contributed by atoms with E-state index in [9.17, 15) is 9.18 Å². The molecule has 1 aromatic carbocycles. The summed E-state index contributed by atoms with van der Waals surface area (Å²) >= 11 is 0. The molecule has 21 heavy (non-hydrogen) atoms. The Morgan fingerprint density at radius 3 is 2.71 bits per heavy atom. The molecule has 0 spiro atoms. The van der Waals surface area contributed by atoms with Crippen molar-refractivity contribution in [1.29, 1.82) is 0 Å². The Labute approximate surface area is 124 Å². The molecule has 114 valence electrons. The van der Waals surface area contributed by atoms with Crippen molar-refractivity contribution >= 4 is 5.97 Å². The van der Waals surface area contributed by atoms with Crippen LogP contribution in [0.4, 0.5) is 4.39 Å². The van der Waals surface area contributed by atoms with Gasteiger partial charge in [-0.1, -0.05) is 12.1 Å². The number of nitrogens with zero attached hydrogens (tertiary/aromatic N) is 1. The monoisotopic (exact) mass is 292 g/mol. The Kier molecular flexibility index (Phi) is 3.71. The first-order valence-corrected chi connectivity index (χ1v) is 7.36. The summed E-state index contributed by atoms with van der Waals surface area (Å²) in [7, 11) is 0. The first-order chi connectivity index (χ1) is 9.95. The van der Waals surface area contributed by atoms with E-state index in [0.717, 1.165) is 24.2 Å². The van der Waals surface area contributed by atoms with E-state index in [1.807, 2.05) is 19.1 Å². The molecule has 2 aliphatic heterocycles. The van der Waals surface area contributed by atoms with E-state index in [0.29, 0.717) is 25.6 Å². The molecule has 0 unspecified atom stereocenters. The maximum atomic E-state index is 14.1. The summed E-state index contributed by atoms with van der Waals surface area (Å²) in [6.07, 6.45) is 0. The molecule has 5 heteroatoms. The van der Waals surface area contributed by atoms with E-state index < -0.39 is 0 Å². The third-order valence-electron chi connectivity index (χ3n) is 4.20. The van der Waals surface area contributed by atoms with Crippen LogP contribution in [0.1, 0.15) is 30.9 Å². The van der Waals surface area contributed by atoms with E-state index >= 15 is 0 Å². The predicted octanol–water partition coefficient (Wildman–Crippen LogP) is 1.65. The van der Waals surface area contributed by atoms with Gasteiger partial charge in [-0.25, -0.2) is 4.39 Å². The lowest BCUT2D eigenvalue weighted by molar-refractivity contribution is -0.174. The van der Waals surface area contributed by atoms with Crippen LogP contribution in [-0.2, 0) is 16.1 Å². The second-order valence-corrected chi connectivity index (χ2v) is 6.40. The van der Waals surface area contributed by atoms with Gasteiger partial charge in [0.2, 0.25) is 0 Å². The summed E-state index contributed by atoms with van der Waals surface area (Å²) < 4.78 is 19.4. The lowest BCUT2D eigenvalue weighted by Gasteiger charge is -2.46. The molecule has 1 aromatic rings. The summed E-state index contributed by atoms with van der Waals surface area (Å²) in [5.74, 6) is -0.0424. The summed E-state index contributed by atoms with van der Waals surface area (Å²) in [5, 5.41) is 3.16. The van der Waals surface area contributed by atoms with E-state index in [-0.39, 0.29) is 17.4 Å². The molecule has 2 saturated heterocycles. The fourth-order valence-corrected chi connectivity index (χ4v) is 3.19. The maximum Gasteiger partial charge on any atom is 0.303 e. The molecule has 0 aliphatic carbocycles. The van der Waals surface area contributed by atoms with Gasteiger partial charge in [-0.05, 0) is 24.1 Å². The lowest BCUT2D eigenvalue weighted by atomic mass is 9.91. The Bertz CT molecular complexity index is 551. The van der Waals surface area contributed by atoms with Gasteiger partial charge in [0.1, 0.15) is 11.4 Å². The van der Waals surface area contributed by atoms with Crippen molar-refractivity contribution in [1.82, 2.24) is 10.2 Å². The Hall–Kier alpha value is -1.46. The van der Waals surface area contributed by atoms with E-state index in [1.165, 1.54) is 6.92 Å².